The van der Waals surface area contributed by atoms with E-state index in [0.29, 0.717) is 11.2 Å². The van der Waals surface area contributed by atoms with Crippen LogP contribution in [0.2, 0.25) is 0 Å². The number of nitrogens with one attached hydrogen (secondary N) is 1. The van der Waals surface area contributed by atoms with Crippen molar-refractivity contribution in [2.45, 2.75) is 13.8 Å². The highest BCUT2D eigenvalue weighted by Crippen LogP contribution is 2.39. The fraction of sp³-hybridized carbons (Fsp3) is 0.400. The van der Waals surface area contributed by atoms with Crippen LogP contribution in [0.25, 0.3) is 11.0 Å². The van der Waals surface area contributed by atoms with Crippen LogP contribution in [0, 0.1) is 24.0 Å². The number of hydrogen-bond acceptors (Lipinski definition) is 9. The van der Waals surface area contributed by atoms with Crippen LogP contribution in [-0.4, -0.2) is 59.7 Å². The molecular weight excluding hydrogens is 388 g/mol. The largest absolute Gasteiger partial charge is 0.395 e. The molecule has 10 heteroatoms. The maximum atomic E-state index is 11.6. The second kappa shape index (κ2) is 8.15. The Kier molecular flexibility index (Phi) is 5.40. The first-order valence-electron chi connectivity index (χ1n) is 9.85. The van der Waals surface area contributed by atoms with E-state index in [1.54, 1.807) is 6.07 Å². The molecule has 0 saturated carbocycles. The molecule has 1 aliphatic heterocycles. The van der Waals surface area contributed by atoms with Crippen LogP contribution in [0.15, 0.2) is 28.9 Å². The van der Waals surface area contributed by atoms with Gasteiger partial charge in [0.2, 0.25) is 5.52 Å². The van der Waals surface area contributed by atoms with Gasteiger partial charge >= 0.3 is 5.69 Å². The number of aliphatic hydroxyl groups excluding tert-OH is 1. The van der Waals surface area contributed by atoms with E-state index in [1.807, 2.05) is 0 Å². The number of nitro benzene ring substituents is 1. The summed E-state index contributed by atoms with van der Waals surface area (Å²) in [6, 6.07) is 8.03. The highest BCUT2D eigenvalue weighted by Gasteiger charge is 2.29. The van der Waals surface area contributed by atoms with E-state index < -0.39 is 4.92 Å². The van der Waals surface area contributed by atoms with Crippen molar-refractivity contribution in [1.82, 2.24) is 10.3 Å². The van der Waals surface area contributed by atoms with E-state index in [1.165, 1.54) is 16.8 Å². The van der Waals surface area contributed by atoms with Crippen molar-refractivity contribution >= 4 is 33.8 Å². The molecule has 10 nitrogen and oxygen atoms in total. The van der Waals surface area contributed by atoms with E-state index >= 15 is 0 Å². The van der Waals surface area contributed by atoms with Crippen LogP contribution in [0.1, 0.15) is 11.1 Å². The third kappa shape index (κ3) is 3.50. The first kappa shape index (κ1) is 19.9. The zero-order valence-corrected chi connectivity index (χ0v) is 17.0. The predicted molar refractivity (Wildman–Crippen MR) is 114 cm³/mol. The van der Waals surface area contributed by atoms with Crippen molar-refractivity contribution in [3.63, 3.8) is 0 Å². The van der Waals surface area contributed by atoms with Gasteiger partial charge in [0.1, 0.15) is 5.69 Å². The number of anilines is 3. The van der Waals surface area contributed by atoms with Crippen molar-refractivity contribution in [1.29, 1.82) is 0 Å². The molecule has 0 radical (unpaired) electrons. The lowest BCUT2D eigenvalue weighted by Gasteiger charge is -2.38. The Morgan fingerprint density at radius 2 is 1.80 bits per heavy atom. The van der Waals surface area contributed by atoms with Crippen LogP contribution >= 0.6 is 0 Å². The number of hydrogen-bond donors (Lipinski definition) is 2. The Morgan fingerprint density at radius 1 is 1.13 bits per heavy atom. The summed E-state index contributed by atoms with van der Waals surface area (Å²) in [6.07, 6.45) is 0. The third-order valence-corrected chi connectivity index (χ3v) is 5.64. The molecule has 4 rings (SSSR count). The summed E-state index contributed by atoms with van der Waals surface area (Å²) in [6.45, 7) is 7.38. The minimum atomic E-state index is -0.505. The monoisotopic (exact) mass is 412 g/mol. The Bertz CT molecular complexity index is 1070. The van der Waals surface area contributed by atoms with Gasteiger partial charge in [-0.15, -0.1) is 0 Å². The summed E-state index contributed by atoms with van der Waals surface area (Å²) in [5.74, 6) is 0. The molecule has 30 heavy (non-hydrogen) atoms. The Morgan fingerprint density at radius 3 is 2.47 bits per heavy atom. The lowest BCUT2D eigenvalue weighted by Crippen LogP contribution is -2.47. The van der Waals surface area contributed by atoms with Gasteiger partial charge < -0.3 is 20.2 Å². The van der Waals surface area contributed by atoms with Crippen LogP contribution in [0.4, 0.5) is 22.7 Å². The maximum absolute atomic E-state index is 11.6. The molecule has 0 spiro atoms. The fourth-order valence-corrected chi connectivity index (χ4v) is 3.93. The van der Waals surface area contributed by atoms with Crippen molar-refractivity contribution in [2.75, 3.05) is 54.4 Å². The Hall–Kier alpha value is -3.40. The lowest BCUT2D eigenvalue weighted by molar-refractivity contribution is -0.382. The zero-order valence-electron chi connectivity index (χ0n) is 17.0. The van der Waals surface area contributed by atoms with E-state index in [9.17, 15) is 10.1 Å². The molecule has 2 N–H and O–H groups in total. The van der Waals surface area contributed by atoms with Gasteiger partial charge in [0.15, 0.2) is 5.52 Å². The SMILES string of the molecule is Cc1cccc(N2CCN(c3cc(NCCO)c([N+](=O)[O-])c4nonc34)CC2)c1C. The zero-order chi connectivity index (χ0) is 21.3. The van der Waals surface area contributed by atoms with Gasteiger partial charge in [-0.05, 0) is 47.4 Å². The number of nitrogens with zero attached hydrogens (tertiary/aromatic N) is 5. The van der Waals surface area contributed by atoms with E-state index in [0.717, 1.165) is 31.9 Å². The van der Waals surface area contributed by atoms with Gasteiger partial charge in [0.25, 0.3) is 0 Å². The standard InChI is InChI=1S/C20H24N6O4/c1-13-4-3-5-16(14(13)2)24-7-9-25(10-8-24)17-12-15(21-6-11-27)20(26(28)29)19-18(17)22-30-23-19/h3-5,12,21,27H,6-11H2,1-2H3. The molecule has 0 atom stereocenters. The van der Waals surface area contributed by atoms with Gasteiger partial charge in [-0.2, -0.15) is 0 Å². The van der Waals surface area contributed by atoms with Gasteiger partial charge in [-0.1, -0.05) is 12.1 Å². The molecule has 0 aliphatic carbocycles. The number of benzene rings is 2. The number of nitro groups is 1. The molecule has 2 heterocycles. The maximum Gasteiger partial charge on any atom is 0.323 e. The quantitative estimate of drug-likeness (QED) is 0.464. The van der Waals surface area contributed by atoms with Gasteiger partial charge in [-0.25, -0.2) is 4.63 Å². The number of aryl methyl sites for hydroxylation is 1. The number of fused-ring (bicyclic) bond motifs is 1. The van der Waals surface area contributed by atoms with Crippen LogP contribution in [0.3, 0.4) is 0 Å². The van der Waals surface area contributed by atoms with Crippen molar-refractivity contribution in [3.8, 4) is 0 Å². The van der Waals surface area contributed by atoms with E-state index in [-0.39, 0.29) is 24.4 Å². The van der Waals surface area contributed by atoms with Crippen LogP contribution in [-0.2, 0) is 0 Å². The Balaban J connectivity index is 1.64. The first-order chi connectivity index (χ1) is 14.5. The molecule has 3 aromatic rings. The normalized spacial score (nSPS) is 14.4. The van der Waals surface area contributed by atoms with Gasteiger partial charge in [-0.3, -0.25) is 10.1 Å². The summed E-state index contributed by atoms with van der Waals surface area (Å²) < 4.78 is 4.85. The molecule has 0 bridgehead atoms. The van der Waals surface area contributed by atoms with Gasteiger partial charge in [0, 0.05) is 38.4 Å². The average Bonchev–Trinajstić information content (AvgIpc) is 3.22. The first-order valence-corrected chi connectivity index (χ1v) is 9.85. The number of piperazine rings is 1. The average molecular weight is 412 g/mol. The van der Waals surface area contributed by atoms with E-state index in [2.05, 4.69) is 57.5 Å². The molecule has 1 aromatic heterocycles. The minimum Gasteiger partial charge on any atom is -0.395 e. The highest BCUT2D eigenvalue weighted by molar-refractivity contribution is 5.99. The van der Waals surface area contributed by atoms with Crippen molar-refractivity contribution in [2.24, 2.45) is 0 Å². The Labute approximate surface area is 173 Å². The smallest absolute Gasteiger partial charge is 0.323 e. The summed E-state index contributed by atoms with van der Waals surface area (Å²) in [5.41, 5.74) is 5.09. The second-order valence-electron chi connectivity index (χ2n) is 7.35. The summed E-state index contributed by atoms with van der Waals surface area (Å²) in [4.78, 5) is 15.6. The summed E-state index contributed by atoms with van der Waals surface area (Å²) in [7, 11) is 0. The van der Waals surface area contributed by atoms with E-state index in [4.69, 9.17) is 9.74 Å². The number of aliphatic hydroxyl groups is 1. The predicted octanol–water partition coefficient (Wildman–Crippen LogP) is 2.48. The lowest BCUT2D eigenvalue weighted by atomic mass is 10.1. The highest BCUT2D eigenvalue weighted by atomic mass is 16.6. The molecule has 0 unspecified atom stereocenters. The van der Waals surface area contributed by atoms with Crippen molar-refractivity contribution < 1.29 is 14.7 Å². The fourth-order valence-electron chi connectivity index (χ4n) is 3.93. The molecule has 1 aliphatic rings. The van der Waals surface area contributed by atoms with Crippen LogP contribution < -0.4 is 15.1 Å². The van der Waals surface area contributed by atoms with Crippen molar-refractivity contribution in [3.05, 3.63) is 45.5 Å². The second-order valence-corrected chi connectivity index (χ2v) is 7.35. The molecule has 1 saturated heterocycles. The molecule has 158 valence electrons. The third-order valence-electron chi connectivity index (χ3n) is 5.64. The molecule has 2 aromatic carbocycles. The van der Waals surface area contributed by atoms with Gasteiger partial charge in [0.05, 0.1) is 17.2 Å². The molecule has 0 amide bonds. The van der Waals surface area contributed by atoms with Crippen LogP contribution in [0.5, 0.6) is 0 Å². The molecule has 1 fully saturated rings. The topological polar surface area (TPSA) is 121 Å². The number of aromatic nitrogens is 2. The molecular formula is C20H24N6O4. The number of rotatable bonds is 6. The minimum absolute atomic E-state index is 0.106. The summed E-state index contributed by atoms with van der Waals surface area (Å²) in [5, 5.41) is 31.4. The summed E-state index contributed by atoms with van der Waals surface area (Å²) >= 11 is 0.